The molecular formula is C21H28NO4S. The number of benzene rings is 2. The number of hydrogen-bond donors (Lipinski definition) is 2. The summed E-state index contributed by atoms with van der Waals surface area (Å²) in [6.45, 7) is 4.08. The number of aliphatic hydroxyl groups excluding tert-OH is 2. The van der Waals surface area contributed by atoms with E-state index in [0.29, 0.717) is 18.5 Å². The van der Waals surface area contributed by atoms with Gasteiger partial charge in [-0.2, -0.15) is 4.31 Å². The highest BCUT2D eigenvalue weighted by Crippen LogP contribution is 2.19. The Bertz CT molecular complexity index is 789. The summed E-state index contributed by atoms with van der Waals surface area (Å²) in [6, 6.07) is 15.9. The van der Waals surface area contributed by atoms with Crippen LogP contribution in [0.2, 0.25) is 0 Å². The van der Waals surface area contributed by atoms with E-state index in [1.54, 1.807) is 18.6 Å². The van der Waals surface area contributed by atoms with Crippen LogP contribution in [-0.4, -0.2) is 42.1 Å². The summed E-state index contributed by atoms with van der Waals surface area (Å²) >= 11 is 0. The van der Waals surface area contributed by atoms with Crippen molar-refractivity contribution in [3.8, 4) is 0 Å². The van der Waals surface area contributed by atoms with Crippen molar-refractivity contribution in [1.82, 2.24) is 4.31 Å². The summed E-state index contributed by atoms with van der Waals surface area (Å²) < 4.78 is 27.4. The second-order valence-corrected chi connectivity index (χ2v) is 8.95. The van der Waals surface area contributed by atoms with Gasteiger partial charge >= 0.3 is 0 Å². The van der Waals surface area contributed by atoms with Crippen molar-refractivity contribution in [3.63, 3.8) is 0 Å². The maximum Gasteiger partial charge on any atom is 0.243 e. The van der Waals surface area contributed by atoms with E-state index in [1.165, 1.54) is 16.4 Å². The van der Waals surface area contributed by atoms with Crippen LogP contribution < -0.4 is 0 Å². The quantitative estimate of drug-likeness (QED) is 0.654. The third kappa shape index (κ3) is 6.43. The highest BCUT2D eigenvalue weighted by Gasteiger charge is 2.27. The van der Waals surface area contributed by atoms with Crippen LogP contribution >= 0.6 is 0 Å². The smallest absolute Gasteiger partial charge is 0.243 e. The summed E-state index contributed by atoms with van der Waals surface area (Å²) in [5.74, 6) is 0.123. The predicted molar refractivity (Wildman–Crippen MR) is 106 cm³/mol. The van der Waals surface area contributed by atoms with Gasteiger partial charge in [-0.15, -0.1) is 0 Å². The predicted octanol–water partition coefficient (Wildman–Crippen LogP) is 2.63. The monoisotopic (exact) mass is 390 g/mol. The van der Waals surface area contributed by atoms with Crippen LogP contribution in [0.1, 0.15) is 25.0 Å². The molecule has 5 nitrogen and oxygen atoms in total. The highest BCUT2D eigenvalue weighted by molar-refractivity contribution is 7.89. The van der Waals surface area contributed by atoms with Gasteiger partial charge in [-0.05, 0) is 42.0 Å². The molecule has 2 aromatic carbocycles. The Morgan fingerprint density at radius 2 is 1.59 bits per heavy atom. The first-order chi connectivity index (χ1) is 12.8. The number of nitrogens with zero attached hydrogens (tertiary/aromatic N) is 1. The van der Waals surface area contributed by atoms with E-state index < -0.39 is 16.1 Å². The summed E-state index contributed by atoms with van der Waals surface area (Å²) in [5.41, 5.74) is 1.72. The Labute approximate surface area is 162 Å². The molecule has 0 amide bonds. The number of rotatable bonds is 10. The Hall–Kier alpha value is -1.73. The Balaban J connectivity index is 2.10. The largest absolute Gasteiger partial charge is 0.392 e. The van der Waals surface area contributed by atoms with Gasteiger partial charge in [-0.1, -0.05) is 56.3 Å². The van der Waals surface area contributed by atoms with Gasteiger partial charge in [0.25, 0.3) is 0 Å². The third-order valence-electron chi connectivity index (χ3n) is 4.17. The molecule has 1 radical (unpaired) electrons. The van der Waals surface area contributed by atoms with Crippen LogP contribution in [0.25, 0.3) is 0 Å². The molecule has 0 saturated heterocycles. The van der Waals surface area contributed by atoms with E-state index in [-0.39, 0.29) is 24.0 Å². The fourth-order valence-electron chi connectivity index (χ4n) is 2.76. The van der Waals surface area contributed by atoms with Crippen molar-refractivity contribution in [2.45, 2.75) is 37.9 Å². The van der Waals surface area contributed by atoms with Crippen LogP contribution in [0, 0.1) is 12.3 Å². The summed E-state index contributed by atoms with van der Waals surface area (Å²) in [5, 5.41) is 19.5. The van der Waals surface area contributed by atoms with Gasteiger partial charge in [0.05, 0.1) is 17.6 Å². The number of hydrogen-bond acceptors (Lipinski definition) is 4. The number of sulfonamides is 1. The maximum absolute atomic E-state index is 13.0. The van der Waals surface area contributed by atoms with Crippen molar-refractivity contribution in [2.24, 2.45) is 5.92 Å². The molecule has 0 aliphatic heterocycles. The molecule has 0 unspecified atom stereocenters. The molecule has 0 bridgehead atoms. The molecule has 1 atom stereocenters. The SMILES string of the molecule is CC(C)CN(C[C@H](O)[CH]Cc1ccccc1)S(=O)(=O)c1ccc(CO)cc1. The van der Waals surface area contributed by atoms with E-state index in [9.17, 15) is 13.5 Å². The zero-order valence-electron chi connectivity index (χ0n) is 15.8. The molecule has 0 aliphatic rings. The summed E-state index contributed by atoms with van der Waals surface area (Å²) in [6.07, 6.45) is 1.44. The van der Waals surface area contributed by atoms with Crippen LogP contribution in [0.5, 0.6) is 0 Å². The average molecular weight is 391 g/mol. The van der Waals surface area contributed by atoms with Gasteiger partial charge < -0.3 is 10.2 Å². The first-order valence-corrected chi connectivity index (χ1v) is 10.5. The molecule has 0 aromatic heterocycles. The van der Waals surface area contributed by atoms with Gasteiger partial charge in [0.1, 0.15) is 0 Å². The molecule has 0 saturated carbocycles. The molecule has 27 heavy (non-hydrogen) atoms. The first kappa shape index (κ1) is 21.6. The molecule has 0 spiro atoms. The minimum Gasteiger partial charge on any atom is -0.392 e. The van der Waals surface area contributed by atoms with Gasteiger partial charge in [-0.25, -0.2) is 8.42 Å². The van der Waals surface area contributed by atoms with Gasteiger partial charge in [0, 0.05) is 13.1 Å². The lowest BCUT2D eigenvalue weighted by Crippen LogP contribution is -2.40. The van der Waals surface area contributed by atoms with Crippen molar-refractivity contribution in [1.29, 1.82) is 0 Å². The van der Waals surface area contributed by atoms with Crippen molar-refractivity contribution >= 4 is 10.0 Å². The molecular weight excluding hydrogens is 362 g/mol. The minimum absolute atomic E-state index is 0.00903. The van der Waals surface area contributed by atoms with Crippen LogP contribution in [0.15, 0.2) is 59.5 Å². The van der Waals surface area contributed by atoms with Crippen molar-refractivity contribution in [3.05, 3.63) is 72.1 Å². The molecule has 0 heterocycles. The number of aliphatic hydroxyl groups is 2. The lowest BCUT2D eigenvalue weighted by atomic mass is 10.1. The van der Waals surface area contributed by atoms with Crippen LogP contribution in [-0.2, 0) is 23.1 Å². The van der Waals surface area contributed by atoms with Gasteiger partial charge in [0.2, 0.25) is 10.0 Å². The Kier molecular flexibility index (Phi) is 7.98. The topological polar surface area (TPSA) is 77.8 Å². The Morgan fingerprint density at radius 3 is 2.15 bits per heavy atom. The molecule has 6 heteroatoms. The minimum atomic E-state index is -3.73. The zero-order chi connectivity index (χ0) is 19.9. The first-order valence-electron chi connectivity index (χ1n) is 9.08. The fourth-order valence-corrected chi connectivity index (χ4v) is 4.38. The second kappa shape index (κ2) is 9.99. The van der Waals surface area contributed by atoms with E-state index >= 15 is 0 Å². The van der Waals surface area contributed by atoms with Crippen LogP contribution in [0.3, 0.4) is 0 Å². The molecule has 0 aliphatic carbocycles. The highest BCUT2D eigenvalue weighted by atomic mass is 32.2. The summed E-state index contributed by atoms with van der Waals surface area (Å²) in [7, 11) is -3.73. The van der Waals surface area contributed by atoms with E-state index in [1.807, 2.05) is 44.2 Å². The van der Waals surface area contributed by atoms with Crippen molar-refractivity contribution < 1.29 is 18.6 Å². The lowest BCUT2D eigenvalue weighted by Gasteiger charge is -2.26. The van der Waals surface area contributed by atoms with E-state index in [4.69, 9.17) is 5.11 Å². The Morgan fingerprint density at radius 1 is 0.963 bits per heavy atom. The molecule has 147 valence electrons. The zero-order valence-corrected chi connectivity index (χ0v) is 16.6. The molecule has 2 aromatic rings. The maximum atomic E-state index is 13.0. The molecule has 2 N–H and O–H groups in total. The van der Waals surface area contributed by atoms with Gasteiger partial charge in [0.15, 0.2) is 0 Å². The third-order valence-corrected chi connectivity index (χ3v) is 6.02. The summed E-state index contributed by atoms with van der Waals surface area (Å²) in [4.78, 5) is 0.163. The van der Waals surface area contributed by atoms with Gasteiger partial charge in [-0.3, -0.25) is 0 Å². The lowest BCUT2D eigenvalue weighted by molar-refractivity contribution is 0.167. The standard InChI is InChI=1S/C21H28NO4S/c1-17(2)14-22(15-20(24)11-8-18-6-4-3-5-7-18)27(25,26)21-12-9-19(16-23)10-13-21/h3-7,9-13,17,20,23-24H,8,14-16H2,1-2H3/t20-/m1/s1. The fraction of sp³-hybridized carbons (Fsp3) is 0.381. The average Bonchev–Trinajstić information content (AvgIpc) is 2.66. The van der Waals surface area contributed by atoms with E-state index in [0.717, 1.165) is 5.56 Å². The molecule has 0 fully saturated rings. The van der Waals surface area contributed by atoms with Crippen molar-refractivity contribution in [2.75, 3.05) is 13.1 Å². The second-order valence-electron chi connectivity index (χ2n) is 7.01. The molecule has 2 rings (SSSR count). The normalized spacial score (nSPS) is 13.3. The van der Waals surface area contributed by atoms with Crippen LogP contribution in [0.4, 0.5) is 0 Å². The van der Waals surface area contributed by atoms with E-state index in [2.05, 4.69) is 0 Å².